The summed E-state index contributed by atoms with van der Waals surface area (Å²) in [6.07, 6.45) is -1.73. The Balaban J connectivity index is 2.86. The number of carbonyl (C=O) groups excluding carboxylic acids is 1. The number of halogens is 3. The van der Waals surface area contributed by atoms with Gasteiger partial charge in [0.25, 0.3) is 0 Å². The van der Waals surface area contributed by atoms with Gasteiger partial charge in [0.05, 0.1) is 12.1 Å². The molecule has 1 rings (SSSR count). The fourth-order valence-corrected chi connectivity index (χ4v) is 1.34. The van der Waals surface area contributed by atoms with E-state index in [0.717, 1.165) is 24.9 Å². The molecule has 0 fully saturated rings. The van der Waals surface area contributed by atoms with Crippen LogP contribution in [0.4, 0.5) is 13.2 Å². The molecular formula is C11H13F3N2O. The van der Waals surface area contributed by atoms with Crippen molar-refractivity contribution in [1.82, 2.24) is 10.3 Å². The maximum Gasteiger partial charge on any atom is 0.417 e. The van der Waals surface area contributed by atoms with Gasteiger partial charge in [0.1, 0.15) is 0 Å². The molecule has 1 N–H and O–H groups in total. The van der Waals surface area contributed by atoms with Crippen LogP contribution in [0.25, 0.3) is 0 Å². The topological polar surface area (TPSA) is 42.0 Å². The molecule has 0 unspecified atom stereocenters. The molecule has 0 aliphatic carbocycles. The van der Waals surface area contributed by atoms with E-state index in [1.807, 2.05) is 6.92 Å². The molecule has 0 saturated carbocycles. The van der Waals surface area contributed by atoms with Crippen LogP contribution in [0, 0.1) is 0 Å². The number of ketones is 1. The van der Waals surface area contributed by atoms with Crippen LogP contribution in [0.3, 0.4) is 0 Å². The smallest absolute Gasteiger partial charge is 0.310 e. The summed E-state index contributed by atoms with van der Waals surface area (Å²) in [7, 11) is 0. The number of carbonyl (C=O) groups is 1. The van der Waals surface area contributed by atoms with E-state index in [2.05, 4.69) is 10.3 Å². The van der Waals surface area contributed by atoms with Crippen molar-refractivity contribution in [1.29, 1.82) is 0 Å². The van der Waals surface area contributed by atoms with Crippen molar-refractivity contribution in [2.45, 2.75) is 19.5 Å². The molecule has 0 atom stereocenters. The van der Waals surface area contributed by atoms with Gasteiger partial charge in [0.15, 0.2) is 5.78 Å². The minimum absolute atomic E-state index is 0.109. The van der Waals surface area contributed by atoms with Crippen molar-refractivity contribution in [2.75, 3.05) is 13.1 Å². The van der Waals surface area contributed by atoms with Crippen LogP contribution in [0.15, 0.2) is 18.5 Å². The second-order valence-corrected chi connectivity index (χ2v) is 3.52. The summed E-state index contributed by atoms with van der Waals surface area (Å²) >= 11 is 0. The van der Waals surface area contributed by atoms with Crippen LogP contribution in [0.5, 0.6) is 0 Å². The van der Waals surface area contributed by atoms with E-state index >= 15 is 0 Å². The molecule has 17 heavy (non-hydrogen) atoms. The fraction of sp³-hybridized carbons (Fsp3) is 0.455. The first kappa shape index (κ1) is 13.6. The van der Waals surface area contributed by atoms with Crippen LogP contribution in [-0.4, -0.2) is 23.9 Å². The van der Waals surface area contributed by atoms with E-state index in [1.165, 1.54) is 0 Å². The Kier molecular flexibility index (Phi) is 4.62. The van der Waals surface area contributed by atoms with Crippen molar-refractivity contribution >= 4 is 5.78 Å². The highest BCUT2D eigenvalue weighted by Gasteiger charge is 2.34. The average molecular weight is 246 g/mol. The molecule has 0 radical (unpaired) electrons. The molecule has 0 aliphatic rings. The lowest BCUT2D eigenvalue weighted by atomic mass is 10.1. The van der Waals surface area contributed by atoms with Crippen LogP contribution in [-0.2, 0) is 6.18 Å². The van der Waals surface area contributed by atoms with Gasteiger partial charge in [0.2, 0.25) is 0 Å². The van der Waals surface area contributed by atoms with Gasteiger partial charge in [-0.3, -0.25) is 9.78 Å². The summed E-state index contributed by atoms with van der Waals surface area (Å²) in [5.41, 5.74) is -1.32. The predicted molar refractivity (Wildman–Crippen MR) is 56.7 cm³/mol. The number of aromatic nitrogens is 1. The summed E-state index contributed by atoms with van der Waals surface area (Å²) in [6.45, 7) is 2.39. The minimum Gasteiger partial charge on any atom is -0.310 e. The number of hydrogen-bond donors (Lipinski definition) is 1. The van der Waals surface area contributed by atoms with Crippen molar-refractivity contribution in [3.8, 4) is 0 Å². The van der Waals surface area contributed by atoms with E-state index in [-0.39, 0.29) is 12.1 Å². The summed E-state index contributed by atoms with van der Waals surface area (Å²) in [5.74, 6) is -0.598. The molecule has 6 heteroatoms. The van der Waals surface area contributed by atoms with Crippen LogP contribution >= 0.6 is 0 Å². The largest absolute Gasteiger partial charge is 0.417 e. The highest BCUT2D eigenvalue weighted by molar-refractivity contribution is 5.98. The molecule has 0 aromatic carbocycles. The van der Waals surface area contributed by atoms with Crippen molar-refractivity contribution in [3.05, 3.63) is 29.6 Å². The first-order valence-electron chi connectivity index (χ1n) is 5.22. The van der Waals surface area contributed by atoms with Gasteiger partial charge in [-0.1, -0.05) is 6.92 Å². The number of nitrogens with one attached hydrogen (secondary N) is 1. The SMILES string of the molecule is CCCNCC(=O)c1cnccc1C(F)(F)F. The monoisotopic (exact) mass is 246 g/mol. The maximum absolute atomic E-state index is 12.6. The Morgan fingerprint density at radius 3 is 2.76 bits per heavy atom. The first-order chi connectivity index (χ1) is 7.96. The molecule has 1 aromatic heterocycles. The molecule has 94 valence electrons. The Hall–Kier alpha value is -1.43. The van der Waals surface area contributed by atoms with Crippen molar-refractivity contribution in [3.63, 3.8) is 0 Å². The number of alkyl halides is 3. The molecule has 0 bridgehead atoms. The normalized spacial score (nSPS) is 11.5. The van der Waals surface area contributed by atoms with E-state index in [0.29, 0.717) is 6.54 Å². The third-order valence-electron chi connectivity index (χ3n) is 2.14. The Labute approximate surface area is 97.0 Å². The van der Waals surface area contributed by atoms with Gasteiger partial charge in [0, 0.05) is 18.0 Å². The standard InChI is InChI=1S/C11H13F3N2O/c1-2-4-15-7-10(17)8-6-16-5-3-9(8)11(12,13)14/h3,5-6,15H,2,4,7H2,1H3. The molecule has 0 aliphatic heterocycles. The second-order valence-electron chi connectivity index (χ2n) is 3.52. The van der Waals surface area contributed by atoms with Gasteiger partial charge < -0.3 is 5.32 Å². The zero-order chi connectivity index (χ0) is 12.9. The molecule has 0 saturated heterocycles. The van der Waals surface area contributed by atoms with Crippen LogP contribution < -0.4 is 5.32 Å². The quantitative estimate of drug-likeness (QED) is 0.640. The zero-order valence-corrected chi connectivity index (χ0v) is 9.34. The lowest BCUT2D eigenvalue weighted by molar-refractivity contribution is -0.138. The molecule has 0 amide bonds. The summed E-state index contributed by atoms with van der Waals surface area (Å²) in [6, 6.07) is 0.813. The third kappa shape index (κ3) is 3.81. The number of pyridine rings is 1. The number of rotatable bonds is 5. The highest BCUT2D eigenvalue weighted by Crippen LogP contribution is 2.31. The maximum atomic E-state index is 12.6. The molecule has 1 aromatic rings. The zero-order valence-electron chi connectivity index (χ0n) is 9.34. The number of hydrogen-bond acceptors (Lipinski definition) is 3. The van der Waals surface area contributed by atoms with Crippen molar-refractivity contribution in [2.24, 2.45) is 0 Å². The van der Waals surface area contributed by atoms with E-state index in [4.69, 9.17) is 0 Å². The van der Waals surface area contributed by atoms with Gasteiger partial charge in [-0.25, -0.2) is 0 Å². The van der Waals surface area contributed by atoms with E-state index in [9.17, 15) is 18.0 Å². The summed E-state index contributed by atoms with van der Waals surface area (Å²) in [4.78, 5) is 15.1. The fourth-order valence-electron chi connectivity index (χ4n) is 1.34. The second kappa shape index (κ2) is 5.77. The lowest BCUT2D eigenvalue weighted by Crippen LogP contribution is -2.25. The van der Waals surface area contributed by atoms with Gasteiger partial charge >= 0.3 is 6.18 Å². The average Bonchev–Trinajstić information content (AvgIpc) is 2.28. The Morgan fingerprint density at radius 2 is 2.18 bits per heavy atom. The lowest BCUT2D eigenvalue weighted by Gasteiger charge is -2.11. The summed E-state index contributed by atoms with van der Waals surface area (Å²) < 4.78 is 37.8. The predicted octanol–water partition coefficient (Wildman–Crippen LogP) is 2.28. The minimum atomic E-state index is -4.53. The van der Waals surface area contributed by atoms with Crippen LogP contribution in [0.2, 0.25) is 0 Å². The Morgan fingerprint density at radius 1 is 1.47 bits per heavy atom. The van der Waals surface area contributed by atoms with Gasteiger partial charge in [-0.15, -0.1) is 0 Å². The number of Topliss-reactive ketones (excluding diaryl/α,β-unsaturated/α-hetero) is 1. The van der Waals surface area contributed by atoms with Crippen LogP contribution in [0.1, 0.15) is 29.3 Å². The Bertz CT molecular complexity index is 391. The molecule has 0 spiro atoms. The number of nitrogens with zero attached hydrogens (tertiary/aromatic N) is 1. The molecular weight excluding hydrogens is 233 g/mol. The summed E-state index contributed by atoms with van der Waals surface area (Å²) in [5, 5.41) is 2.77. The van der Waals surface area contributed by atoms with E-state index < -0.39 is 17.5 Å². The molecule has 1 heterocycles. The van der Waals surface area contributed by atoms with Crippen molar-refractivity contribution < 1.29 is 18.0 Å². The first-order valence-corrected chi connectivity index (χ1v) is 5.22. The van der Waals surface area contributed by atoms with Gasteiger partial charge in [-0.2, -0.15) is 13.2 Å². The highest BCUT2D eigenvalue weighted by atomic mass is 19.4. The third-order valence-corrected chi connectivity index (χ3v) is 2.14. The van der Waals surface area contributed by atoms with E-state index in [1.54, 1.807) is 0 Å². The molecule has 3 nitrogen and oxygen atoms in total. The van der Waals surface area contributed by atoms with Gasteiger partial charge in [-0.05, 0) is 19.0 Å².